The second-order valence-electron chi connectivity index (χ2n) is 3.60. The number of hydrogen-bond acceptors (Lipinski definition) is 4. The molecule has 0 aromatic heterocycles. The third-order valence-electron chi connectivity index (χ3n) is 2.62. The van der Waals surface area contributed by atoms with Crippen LogP contribution in [0.15, 0.2) is 29.3 Å². The normalized spacial score (nSPS) is 22.5. The zero-order chi connectivity index (χ0) is 10.8. The maximum atomic E-state index is 9.76. The summed E-state index contributed by atoms with van der Waals surface area (Å²) < 4.78 is 0. The molecule has 1 aliphatic rings. The molecule has 1 aromatic rings. The van der Waals surface area contributed by atoms with Gasteiger partial charge in [0.15, 0.2) is 0 Å². The molecular weight excluding hydrogens is 194 g/mol. The fraction of sp³-hybridized carbons (Fsp3) is 0.364. The summed E-state index contributed by atoms with van der Waals surface area (Å²) in [5.41, 5.74) is 1.70. The number of para-hydroxylation sites is 1. The molecule has 15 heavy (non-hydrogen) atoms. The van der Waals surface area contributed by atoms with E-state index in [4.69, 9.17) is 5.11 Å². The van der Waals surface area contributed by atoms with Gasteiger partial charge in [0.2, 0.25) is 0 Å². The van der Waals surface area contributed by atoms with Crippen LogP contribution in [0, 0.1) is 0 Å². The van der Waals surface area contributed by atoms with Gasteiger partial charge >= 0.3 is 0 Å². The summed E-state index contributed by atoms with van der Waals surface area (Å²) in [6.07, 6.45) is -0.538. The van der Waals surface area contributed by atoms with E-state index in [2.05, 4.69) is 4.99 Å². The van der Waals surface area contributed by atoms with Crippen LogP contribution in [0.4, 0.5) is 5.69 Å². The van der Waals surface area contributed by atoms with Crippen LogP contribution in [0.3, 0.4) is 0 Å². The van der Waals surface area contributed by atoms with Gasteiger partial charge in [-0.2, -0.15) is 0 Å². The van der Waals surface area contributed by atoms with Crippen LogP contribution in [0.25, 0.3) is 0 Å². The highest BCUT2D eigenvalue weighted by atomic mass is 16.4. The Hall–Kier alpha value is -1.23. The number of aliphatic imine (C=N–C) groups is 1. The van der Waals surface area contributed by atoms with Crippen molar-refractivity contribution < 1.29 is 15.3 Å². The summed E-state index contributed by atoms with van der Waals surface area (Å²) >= 11 is 0. The highest BCUT2D eigenvalue weighted by molar-refractivity contribution is 5.81. The zero-order valence-electron chi connectivity index (χ0n) is 8.11. The maximum Gasteiger partial charge on any atom is 0.104 e. The minimum atomic E-state index is -1.13. The lowest BCUT2D eigenvalue weighted by Crippen LogP contribution is -2.34. The molecular formula is C11H13NO3. The number of aliphatic hydroxyl groups is 3. The average molecular weight is 207 g/mol. The molecule has 80 valence electrons. The first kappa shape index (κ1) is 10.3. The van der Waals surface area contributed by atoms with Crippen molar-refractivity contribution in [1.82, 2.24) is 0 Å². The lowest BCUT2D eigenvalue weighted by molar-refractivity contribution is -0.0166. The van der Waals surface area contributed by atoms with Crippen molar-refractivity contribution in [2.75, 3.05) is 6.61 Å². The lowest BCUT2D eigenvalue weighted by Gasteiger charge is -2.20. The predicted molar refractivity (Wildman–Crippen MR) is 56.4 cm³/mol. The zero-order valence-corrected chi connectivity index (χ0v) is 8.11. The van der Waals surface area contributed by atoms with Crippen LogP contribution in [0.5, 0.6) is 0 Å². The largest absolute Gasteiger partial charge is 0.394 e. The van der Waals surface area contributed by atoms with Crippen molar-refractivity contribution in [3.8, 4) is 0 Å². The molecule has 2 rings (SSSR count). The fourth-order valence-corrected chi connectivity index (χ4v) is 1.75. The van der Waals surface area contributed by atoms with Crippen LogP contribution in [-0.2, 0) is 0 Å². The smallest absolute Gasteiger partial charge is 0.104 e. The van der Waals surface area contributed by atoms with Crippen molar-refractivity contribution in [2.24, 2.45) is 4.99 Å². The van der Waals surface area contributed by atoms with Crippen molar-refractivity contribution >= 4 is 11.9 Å². The van der Waals surface area contributed by atoms with E-state index in [-0.39, 0.29) is 5.92 Å². The van der Waals surface area contributed by atoms with Gasteiger partial charge in [-0.05, 0) is 11.6 Å². The molecule has 0 unspecified atom stereocenters. The molecule has 3 N–H and O–H groups in total. The van der Waals surface area contributed by atoms with Crippen LogP contribution >= 0.6 is 0 Å². The van der Waals surface area contributed by atoms with E-state index in [1.54, 1.807) is 6.21 Å². The molecule has 0 spiro atoms. The van der Waals surface area contributed by atoms with Crippen LogP contribution in [0.1, 0.15) is 11.5 Å². The number of fused-ring (bicyclic) bond motifs is 1. The molecule has 1 aromatic carbocycles. The summed E-state index contributed by atoms with van der Waals surface area (Å²) in [5, 5.41) is 27.9. The van der Waals surface area contributed by atoms with E-state index in [0.29, 0.717) is 0 Å². The van der Waals surface area contributed by atoms with E-state index >= 15 is 0 Å². The molecule has 3 atom stereocenters. The minimum absolute atomic E-state index is 0.330. The van der Waals surface area contributed by atoms with Crippen molar-refractivity contribution in [3.63, 3.8) is 0 Å². The monoisotopic (exact) mass is 207 g/mol. The number of nitrogens with zero attached hydrogens (tertiary/aromatic N) is 1. The first-order valence-electron chi connectivity index (χ1n) is 4.84. The molecule has 4 heteroatoms. The second-order valence-corrected chi connectivity index (χ2v) is 3.60. The summed E-state index contributed by atoms with van der Waals surface area (Å²) in [7, 11) is 0. The van der Waals surface area contributed by atoms with Crippen molar-refractivity contribution in [2.45, 2.75) is 18.1 Å². The van der Waals surface area contributed by atoms with Gasteiger partial charge in [-0.25, -0.2) is 0 Å². The van der Waals surface area contributed by atoms with Gasteiger partial charge in [0, 0.05) is 6.21 Å². The van der Waals surface area contributed by atoms with E-state index in [0.717, 1.165) is 11.3 Å². The summed E-state index contributed by atoms with van der Waals surface area (Å²) in [6, 6.07) is 7.44. The fourth-order valence-electron chi connectivity index (χ4n) is 1.75. The third kappa shape index (κ3) is 1.79. The standard InChI is InChI=1S/C11H13NO3/c13-6-10(14)11(15)8-5-12-9-4-2-1-3-7(8)9/h1-5,8,10-11,13-15H,6H2/t8-,10+,11+/m0/s1. The molecule has 0 amide bonds. The van der Waals surface area contributed by atoms with E-state index in [1.165, 1.54) is 0 Å². The van der Waals surface area contributed by atoms with Gasteiger partial charge in [-0.15, -0.1) is 0 Å². The van der Waals surface area contributed by atoms with Crippen LogP contribution in [-0.4, -0.2) is 40.3 Å². The molecule has 0 saturated carbocycles. The average Bonchev–Trinajstić information content (AvgIpc) is 2.70. The van der Waals surface area contributed by atoms with Crippen molar-refractivity contribution in [1.29, 1.82) is 0 Å². The number of benzene rings is 1. The molecule has 1 aliphatic heterocycles. The molecule has 0 fully saturated rings. The molecule has 0 aliphatic carbocycles. The highest BCUT2D eigenvalue weighted by Crippen LogP contribution is 2.34. The Labute approximate surface area is 87.5 Å². The summed E-state index contributed by atoms with van der Waals surface area (Å²) in [4.78, 5) is 4.14. The van der Waals surface area contributed by atoms with Gasteiger partial charge in [0.1, 0.15) is 6.10 Å². The first-order chi connectivity index (χ1) is 7.24. The van der Waals surface area contributed by atoms with Crippen molar-refractivity contribution in [3.05, 3.63) is 29.8 Å². The van der Waals surface area contributed by atoms with Gasteiger partial charge in [0.25, 0.3) is 0 Å². The molecule has 4 nitrogen and oxygen atoms in total. The molecule has 0 bridgehead atoms. The van der Waals surface area contributed by atoms with Gasteiger partial charge < -0.3 is 15.3 Å². The summed E-state index contributed by atoms with van der Waals surface area (Å²) in [6.45, 7) is -0.451. The second kappa shape index (κ2) is 4.10. The Morgan fingerprint density at radius 2 is 2.00 bits per heavy atom. The third-order valence-corrected chi connectivity index (χ3v) is 2.62. The van der Waals surface area contributed by atoms with Gasteiger partial charge in [-0.3, -0.25) is 4.99 Å². The van der Waals surface area contributed by atoms with Gasteiger partial charge in [-0.1, -0.05) is 18.2 Å². The molecule has 1 heterocycles. The Morgan fingerprint density at radius 1 is 1.27 bits per heavy atom. The Bertz CT molecular complexity index is 378. The molecule has 0 radical (unpaired) electrons. The SMILES string of the molecule is OC[C@@H](O)[C@H](O)[C@H]1C=Nc2ccccc21. The topological polar surface area (TPSA) is 73.0 Å². The Kier molecular flexibility index (Phi) is 2.81. The summed E-state index contributed by atoms with van der Waals surface area (Å²) in [5.74, 6) is -0.330. The first-order valence-corrected chi connectivity index (χ1v) is 4.84. The van der Waals surface area contributed by atoms with Crippen LogP contribution < -0.4 is 0 Å². The highest BCUT2D eigenvalue weighted by Gasteiger charge is 2.30. The Morgan fingerprint density at radius 3 is 2.73 bits per heavy atom. The van der Waals surface area contributed by atoms with E-state index in [9.17, 15) is 10.2 Å². The van der Waals surface area contributed by atoms with E-state index in [1.807, 2.05) is 24.3 Å². The molecule has 0 saturated heterocycles. The number of hydrogen-bond donors (Lipinski definition) is 3. The number of rotatable bonds is 3. The predicted octanol–water partition coefficient (Wildman–Crippen LogP) is 0.200. The van der Waals surface area contributed by atoms with Gasteiger partial charge in [0.05, 0.1) is 24.3 Å². The Balaban J connectivity index is 2.24. The van der Waals surface area contributed by atoms with E-state index < -0.39 is 18.8 Å². The lowest BCUT2D eigenvalue weighted by atomic mass is 9.92. The number of aliphatic hydroxyl groups excluding tert-OH is 3. The maximum absolute atomic E-state index is 9.76. The minimum Gasteiger partial charge on any atom is -0.394 e. The quantitative estimate of drug-likeness (QED) is 0.663. The van der Waals surface area contributed by atoms with Crippen LogP contribution in [0.2, 0.25) is 0 Å².